The maximum atomic E-state index is 3.58. The highest BCUT2D eigenvalue weighted by atomic mass is 14.9. The van der Waals surface area contributed by atoms with E-state index in [9.17, 15) is 0 Å². The van der Waals surface area contributed by atoms with Crippen molar-refractivity contribution in [2.45, 2.75) is 0 Å². The monoisotopic (exact) mass is 160 g/mol. The second-order valence-corrected chi connectivity index (χ2v) is 2.28. The van der Waals surface area contributed by atoms with E-state index in [0.29, 0.717) is 0 Å². The van der Waals surface area contributed by atoms with Crippen LogP contribution in [-0.2, 0) is 0 Å². The Morgan fingerprint density at radius 3 is 1.92 bits per heavy atom. The van der Waals surface area contributed by atoms with Crippen LogP contribution in [0.2, 0.25) is 0 Å². The van der Waals surface area contributed by atoms with Gasteiger partial charge in [-0.25, -0.2) is 0 Å². The van der Waals surface area contributed by atoms with E-state index in [-0.39, 0.29) is 0 Å². The van der Waals surface area contributed by atoms with Crippen LogP contribution in [0.1, 0.15) is 0 Å². The number of rotatable bonds is 4. The zero-order valence-corrected chi connectivity index (χ0v) is 6.88. The molecule has 0 aliphatic carbocycles. The minimum atomic E-state index is 1.01. The summed E-state index contributed by atoms with van der Waals surface area (Å²) in [6.45, 7) is 7.16. The summed E-state index contributed by atoms with van der Waals surface area (Å²) in [6, 6.07) is 7.87. The molecule has 0 heterocycles. The van der Waals surface area contributed by atoms with E-state index in [0.717, 1.165) is 11.4 Å². The molecule has 0 fully saturated rings. The molecule has 1 aromatic rings. The van der Waals surface area contributed by atoms with Gasteiger partial charge >= 0.3 is 0 Å². The first-order valence-corrected chi connectivity index (χ1v) is 3.72. The summed E-state index contributed by atoms with van der Waals surface area (Å²) in [7, 11) is 0. The van der Waals surface area contributed by atoms with Crippen LogP contribution in [0.5, 0.6) is 0 Å². The van der Waals surface area contributed by atoms with Gasteiger partial charge in [0, 0.05) is 11.4 Å². The summed E-state index contributed by atoms with van der Waals surface area (Å²) in [5.41, 5.74) is 2.02. The molecule has 0 radical (unpaired) electrons. The minimum absolute atomic E-state index is 1.01. The van der Waals surface area contributed by atoms with Gasteiger partial charge in [0.15, 0.2) is 0 Å². The molecular formula is C10H12N2. The van der Waals surface area contributed by atoms with E-state index in [4.69, 9.17) is 0 Å². The van der Waals surface area contributed by atoms with Gasteiger partial charge in [-0.05, 0) is 30.6 Å². The number of benzene rings is 1. The second-order valence-electron chi connectivity index (χ2n) is 2.28. The maximum absolute atomic E-state index is 3.58. The smallest absolute Gasteiger partial charge is 0.0400 e. The van der Waals surface area contributed by atoms with Gasteiger partial charge < -0.3 is 10.6 Å². The number of hydrogen-bond acceptors (Lipinski definition) is 2. The summed E-state index contributed by atoms with van der Waals surface area (Å²) in [6.07, 6.45) is 3.29. The zero-order chi connectivity index (χ0) is 8.81. The van der Waals surface area contributed by atoms with Crippen LogP contribution in [-0.4, -0.2) is 0 Å². The summed E-state index contributed by atoms with van der Waals surface area (Å²) < 4.78 is 0. The molecule has 0 saturated carbocycles. The molecule has 0 bridgehead atoms. The lowest BCUT2D eigenvalue weighted by molar-refractivity contribution is 1.55. The van der Waals surface area contributed by atoms with Crippen LogP contribution in [0.25, 0.3) is 0 Å². The molecule has 1 rings (SSSR count). The van der Waals surface area contributed by atoms with Crippen LogP contribution in [0.4, 0.5) is 11.4 Å². The first-order valence-electron chi connectivity index (χ1n) is 3.72. The van der Waals surface area contributed by atoms with Gasteiger partial charge in [0.25, 0.3) is 0 Å². The highest BCUT2D eigenvalue weighted by molar-refractivity contribution is 5.58. The van der Waals surface area contributed by atoms with Crippen molar-refractivity contribution in [3.05, 3.63) is 49.8 Å². The van der Waals surface area contributed by atoms with E-state index < -0.39 is 0 Å². The van der Waals surface area contributed by atoms with Gasteiger partial charge in [-0.1, -0.05) is 19.2 Å². The lowest BCUT2D eigenvalue weighted by atomic mass is 10.3. The van der Waals surface area contributed by atoms with Crippen LogP contribution in [0, 0.1) is 0 Å². The average Bonchev–Trinajstić information content (AvgIpc) is 2.06. The van der Waals surface area contributed by atoms with Gasteiger partial charge in [-0.3, -0.25) is 0 Å². The van der Waals surface area contributed by atoms with E-state index >= 15 is 0 Å². The Morgan fingerprint density at radius 1 is 1.00 bits per heavy atom. The normalized spacial score (nSPS) is 8.67. The third-order valence-electron chi connectivity index (χ3n) is 1.40. The van der Waals surface area contributed by atoms with Crippen molar-refractivity contribution in [1.82, 2.24) is 0 Å². The van der Waals surface area contributed by atoms with Gasteiger partial charge in [0.05, 0.1) is 0 Å². The van der Waals surface area contributed by atoms with Crippen LogP contribution < -0.4 is 10.6 Å². The van der Waals surface area contributed by atoms with Gasteiger partial charge in [0.2, 0.25) is 0 Å². The van der Waals surface area contributed by atoms with E-state index in [1.54, 1.807) is 12.4 Å². The third-order valence-corrected chi connectivity index (χ3v) is 1.40. The summed E-state index contributed by atoms with van der Waals surface area (Å²) >= 11 is 0. The fraction of sp³-hybridized carbons (Fsp3) is 0. The largest absolute Gasteiger partial charge is 0.362 e. The number of nitrogens with one attached hydrogen (secondary N) is 2. The van der Waals surface area contributed by atoms with Crippen molar-refractivity contribution < 1.29 is 0 Å². The Kier molecular flexibility index (Phi) is 2.96. The van der Waals surface area contributed by atoms with Crippen LogP contribution in [0.15, 0.2) is 49.8 Å². The molecule has 0 atom stereocenters. The van der Waals surface area contributed by atoms with Crippen molar-refractivity contribution in [1.29, 1.82) is 0 Å². The quantitative estimate of drug-likeness (QED) is 0.707. The second kappa shape index (κ2) is 4.23. The van der Waals surface area contributed by atoms with Crippen LogP contribution >= 0.6 is 0 Å². The maximum Gasteiger partial charge on any atom is 0.0400 e. The predicted octanol–water partition coefficient (Wildman–Crippen LogP) is 2.80. The van der Waals surface area contributed by atoms with Gasteiger partial charge in [-0.2, -0.15) is 0 Å². The van der Waals surface area contributed by atoms with Crippen LogP contribution in [0.3, 0.4) is 0 Å². The van der Waals surface area contributed by atoms with Crippen molar-refractivity contribution in [2.24, 2.45) is 0 Å². The first-order chi connectivity index (χ1) is 5.86. The Bertz CT molecular complexity index is 254. The fourth-order valence-electron chi connectivity index (χ4n) is 0.934. The summed E-state index contributed by atoms with van der Waals surface area (Å²) in [5.74, 6) is 0. The minimum Gasteiger partial charge on any atom is -0.362 e. The topological polar surface area (TPSA) is 24.1 Å². The lowest BCUT2D eigenvalue weighted by Gasteiger charge is -2.03. The summed E-state index contributed by atoms with van der Waals surface area (Å²) in [4.78, 5) is 0. The number of hydrogen-bond donors (Lipinski definition) is 2. The molecule has 0 spiro atoms. The molecule has 12 heavy (non-hydrogen) atoms. The zero-order valence-electron chi connectivity index (χ0n) is 6.88. The highest BCUT2D eigenvalue weighted by Gasteiger charge is 1.89. The molecule has 0 amide bonds. The van der Waals surface area contributed by atoms with Crippen molar-refractivity contribution in [3.63, 3.8) is 0 Å². The molecule has 1 aromatic carbocycles. The Morgan fingerprint density at radius 2 is 1.50 bits per heavy atom. The predicted molar refractivity (Wildman–Crippen MR) is 54.1 cm³/mol. The van der Waals surface area contributed by atoms with Gasteiger partial charge in [0.1, 0.15) is 0 Å². The van der Waals surface area contributed by atoms with E-state index in [2.05, 4.69) is 23.8 Å². The van der Waals surface area contributed by atoms with Gasteiger partial charge in [-0.15, -0.1) is 0 Å². The SMILES string of the molecule is C=CNc1cccc(NC=C)c1. The Labute approximate surface area is 72.6 Å². The molecule has 0 saturated heterocycles. The average molecular weight is 160 g/mol. The molecule has 2 N–H and O–H groups in total. The molecule has 62 valence electrons. The standard InChI is InChI=1S/C10H12N2/c1-3-11-9-6-5-7-10(8-9)12-4-2/h3-8,11-12H,1-2H2. The fourth-order valence-corrected chi connectivity index (χ4v) is 0.934. The highest BCUT2D eigenvalue weighted by Crippen LogP contribution is 2.14. The Balaban J connectivity index is 2.79. The van der Waals surface area contributed by atoms with Crippen molar-refractivity contribution in [2.75, 3.05) is 10.6 Å². The first kappa shape index (κ1) is 8.40. The molecule has 2 heteroatoms. The van der Waals surface area contributed by atoms with Crippen molar-refractivity contribution in [3.8, 4) is 0 Å². The third kappa shape index (κ3) is 2.16. The van der Waals surface area contributed by atoms with E-state index in [1.807, 2.05) is 24.3 Å². The van der Waals surface area contributed by atoms with Crippen molar-refractivity contribution >= 4 is 11.4 Å². The number of anilines is 2. The molecule has 2 nitrogen and oxygen atoms in total. The lowest BCUT2D eigenvalue weighted by Crippen LogP contribution is -1.89. The molecular weight excluding hydrogens is 148 g/mol. The molecule has 0 unspecified atom stereocenters. The Hall–Kier alpha value is -1.70. The summed E-state index contributed by atoms with van der Waals surface area (Å²) in [5, 5.41) is 5.99. The molecule has 0 aliphatic rings. The molecule has 0 aromatic heterocycles. The van der Waals surface area contributed by atoms with E-state index in [1.165, 1.54) is 0 Å². The molecule has 0 aliphatic heterocycles.